The number of carboxylic acids is 1. The fourth-order valence-electron chi connectivity index (χ4n) is 2.12. The van der Waals surface area contributed by atoms with Gasteiger partial charge in [0.2, 0.25) is 11.8 Å². The molecule has 3 N–H and O–H groups in total. The third-order valence-corrected chi connectivity index (χ3v) is 3.17. The first kappa shape index (κ1) is 13.5. The summed E-state index contributed by atoms with van der Waals surface area (Å²) < 4.78 is 0. The zero-order valence-corrected chi connectivity index (χ0v) is 10.2. The maximum absolute atomic E-state index is 11.7. The molecule has 0 aromatic heterocycles. The Morgan fingerprint density at radius 1 is 1.18 bits per heavy atom. The Labute approximate surface area is 99.8 Å². The zero-order valence-electron chi connectivity index (χ0n) is 10.2. The molecule has 0 saturated heterocycles. The summed E-state index contributed by atoms with van der Waals surface area (Å²) in [5.74, 6) is -2.81. The minimum Gasteiger partial charge on any atom is -0.481 e. The Hall–Kier alpha value is -1.59. The maximum Gasteiger partial charge on any atom is 0.307 e. The molecule has 0 aromatic carbocycles. The van der Waals surface area contributed by atoms with E-state index in [4.69, 9.17) is 5.11 Å². The topological polar surface area (TPSA) is 95.5 Å². The fraction of sp³-hybridized carbons (Fsp3) is 0.727. The molecule has 1 rings (SSSR count). The molecule has 0 unspecified atom stereocenters. The van der Waals surface area contributed by atoms with Gasteiger partial charge in [0.15, 0.2) is 0 Å². The fourth-order valence-corrected chi connectivity index (χ4v) is 2.12. The number of nitrogens with one attached hydrogen (secondary N) is 2. The number of rotatable bonds is 5. The van der Waals surface area contributed by atoms with Crippen LogP contribution in [-0.2, 0) is 14.4 Å². The molecule has 0 spiro atoms. The number of hydrogen-bond donors (Lipinski definition) is 3. The van der Waals surface area contributed by atoms with E-state index >= 15 is 0 Å². The minimum absolute atomic E-state index is 0.106. The summed E-state index contributed by atoms with van der Waals surface area (Å²) in [6.07, 6.45) is 0. The first-order valence-electron chi connectivity index (χ1n) is 5.59. The Morgan fingerprint density at radius 3 is 2.18 bits per heavy atom. The van der Waals surface area contributed by atoms with Crippen molar-refractivity contribution in [1.82, 2.24) is 10.6 Å². The van der Waals surface area contributed by atoms with Crippen LogP contribution in [0, 0.1) is 17.3 Å². The Morgan fingerprint density at radius 2 is 1.76 bits per heavy atom. The standard InChI is InChI=1S/C11H18N2O4/c1-4-12-6(14)5-13-9(15)7-8(10(16)17)11(7,2)3/h7-8H,4-5H2,1-3H3,(H,12,14)(H,13,15)(H,16,17)/t7-,8+/m1/s1. The molecule has 0 aliphatic heterocycles. The van der Waals surface area contributed by atoms with E-state index in [1.54, 1.807) is 20.8 Å². The molecular weight excluding hydrogens is 224 g/mol. The van der Waals surface area contributed by atoms with Gasteiger partial charge in [0.25, 0.3) is 0 Å². The molecule has 0 radical (unpaired) electrons. The predicted octanol–water partition coefficient (Wildman–Crippen LogP) is -0.404. The van der Waals surface area contributed by atoms with Gasteiger partial charge in [-0.2, -0.15) is 0 Å². The van der Waals surface area contributed by atoms with Crippen LogP contribution in [0.15, 0.2) is 0 Å². The minimum atomic E-state index is -0.965. The smallest absolute Gasteiger partial charge is 0.307 e. The van der Waals surface area contributed by atoms with Crippen LogP contribution in [0.2, 0.25) is 0 Å². The van der Waals surface area contributed by atoms with Gasteiger partial charge < -0.3 is 15.7 Å². The van der Waals surface area contributed by atoms with E-state index < -0.39 is 23.2 Å². The molecule has 96 valence electrons. The Bertz CT molecular complexity index is 351. The van der Waals surface area contributed by atoms with Crippen LogP contribution in [-0.4, -0.2) is 36.0 Å². The van der Waals surface area contributed by atoms with Crippen molar-refractivity contribution in [2.75, 3.05) is 13.1 Å². The summed E-state index contributed by atoms with van der Waals surface area (Å²) in [5, 5.41) is 13.9. The average Bonchev–Trinajstić information content (AvgIpc) is 2.79. The largest absolute Gasteiger partial charge is 0.481 e. The molecule has 2 amide bonds. The average molecular weight is 242 g/mol. The van der Waals surface area contributed by atoms with E-state index in [0.717, 1.165) is 0 Å². The number of amides is 2. The lowest BCUT2D eigenvalue weighted by Crippen LogP contribution is -2.38. The quantitative estimate of drug-likeness (QED) is 0.611. The van der Waals surface area contributed by atoms with E-state index in [0.29, 0.717) is 6.54 Å². The second kappa shape index (κ2) is 4.73. The van der Waals surface area contributed by atoms with Crippen LogP contribution in [0.25, 0.3) is 0 Å². The van der Waals surface area contributed by atoms with Crippen molar-refractivity contribution in [2.45, 2.75) is 20.8 Å². The van der Waals surface area contributed by atoms with Crippen LogP contribution < -0.4 is 10.6 Å². The van der Waals surface area contributed by atoms with E-state index in [1.807, 2.05) is 0 Å². The Balaban J connectivity index is 2.45. The van der Waals surface area contributed by atoms with E-state index in [9.17, 15) is 14.4 Å². The highest BCUT2D eigenvalue weighted by Gasteiger charge is 2.65. The van der Waals surface area contributed by atoms with Crippen molar-refractivity contribution in [2.24, 2.45) is 17.3 Å². The van der Waals surface area contributed by atoms with Crippen molar-refractivity contribution >= 4 is 17.8 Å². The SMILES string of the molecule is CCNC(=O)CNC(=O)[C@H]1[C@@H](C(=O)O)C1(C)C. The lowest BCUT2D eigenvalue weighted by molar-refractivity contribution is -0.140. The molecule has 0 heterocycles. The van der Waals surface area contributed by atoms with E-state index in [-0.39, 0.29) is 18.4 Å². The van der Waals surface area contributed by atoms with Gasteiger partial charge in [0.05, 0.1) is 18.4 Å². The maximum atomic E-state index is 11.7. The van der Waals surface area contributed by atoms with Crippen molar-refractivity contribution in [3.63, 3.8) is 0 Å². The number of carbonyl (C=O) groups is 3. The molecule has 6 heteroatoms. The lowest BCUT2D eigenvalue weighted by Gasteiger charge is -2.05. The van der Waals surface area contributed by atoms with Gasteiger partial charge >= 0.3 is 5.97 Å². The van der Waals surface area contributed by atoms with Gasteiger partial charge in [0.1, 0.15) is 0 Å². The number of carboxylic acid groups (broad SMARTS) is 1. The molecule has 0 aromatic rings. The Kier molecular flexibility index (Phi) is 3.75. The van der Waals surface area contributed by atoms with Crippen molar-refractivity contribution in [3.05, 3.63) is 0 Å². The first-order valence-corrected chi connectivity index (χ1v) is 5.59. The number of hydrogen-bond acceptors (Lipinski definition) is 3. The summed E-state index contributed by atoms with van der Waals surface area (Å²) in [7, 11) is 0. The van der Waals surface area contributed by atoms with Crippen LogP contribution in [0.4, 0.5) is 0 Å². The van der Waals surface area contributed by atoms with Crippen molar-refractivity contribution in [3.8, 4) is 0 Å². The van der Waals surface area contributed by atoms with Crippen LogP contribution >= 0.6 is 0 Å². The highest BCUT2D eigenvalue weighted by Crippen LogP contribution is 2.58. The predicted molar refractivity (Wildman–Crippen MR) is 60.1 cm³/mol. The van der Waals surface area contributed by atoms with Crippen LogP contribution in [0.1, 0.15) is 20.8 Å². The van der Waals surface area contributed by atoms with Gasteiger partial charge in [-0.25, -0.2) is 0 Å². The van der Waals surface area contributed by atoms with Crippen molar-refractivity contribution in [1.29, 1.82) is 0 Å². The van der Waals surface area contributed by atoms with E-state index in [1.165, 1.54) is 0 Å². The monoisotopic (exact) mass is 242 g/mol. The zero-order chi connectivity index (χ0) is 13.2. The lowest BCUT2D eigenvalue weighted by atomic mass is 10.1. The van der Waals surface area contributed by atoms with Crippen LogP contribution in [0.5, 0.6) is 0 Å². The van der Waals surface area contributed by atoms with Gasteiger partial charge in [-0.05, 0) is 12.3 Å². The molecular formula is C11H18N2O4. The second-order valence-corrected chi connectivity index (χ2v) is 4.79. The third kappa shape index (κ3) is 2.75. The molecule has 2 atom stereocenters. The molecule has 0 bridgehead atoms. The first-order chi connectivity index (χ1) is 7.82. The third-order valence-electron chi connectivity index (χ3n) is 3.17. The summed E-state index contributed by atoms with van der Waals surface area (Å²) in [4.78, 5) is 33.7. The van der Waals surface area contributed by atoms with Crippen molar-refractivity contribution < 1.29 is 19.5 Å². The number of likely N-dealkylation sites (N-methyl/N-ethyl adjacent to an activating group) is 1. The van der Waals surface area contributed by atoms with Gasteiger partial charge in [0, 0.05) is 6.54 Å². The van der Waals surface area contributed by atoms with Gasteiger partial charge in [-0.3, -0.25) is 14.4 Å². The second-order valence-electron chi connectivity index (χ2n) is 4.79. The number of aliphatic carboxylic acids is 1. The summed E-state index contributed by atoms with van der Waals surface area (Å²) >= 11 is 0. The van der Waals surface area contributed by atoms with Crippen LogP contribution in [0.3, 0.4) is 0 Å². The molecule has 1 saturated carbocycles. The molecule has 1 aliphatic carbocycles. The highest BCUT2D eigenvalue weighted by atomic mass is 16.4. The molecule has 17 heavy (non-hydrogen) atoms. The molecule has 1 fully saturated rings. The number of carbonyl (C=O) groups excluding carboxylic acids is 2. The van der Waals surface area contributed by atoms with Gasteiger partial charge in [-0.15, -0.1) is 0 Å². The molecule has 6 nitrogen and oxygen atoms in total. The normalized spacial score (nSPS) is 24.9. The summed E-state index contributed by atoms with van der Waals surface area (Å²) in [5.41, 5.74) is -0.531. The summed E-state index contributed by atoms with van der Waals surface area (Å²) in [6, 6.07) is 0. The molecule has 1 aliphatic rings. The van der Waals surface area contributed by atoms with Gasteiger partial charge in [-0.1, -0.05) is 13.8 Å². The van der Waals surface area contributed by atoms with E-state index in [2.05, 4.69) is 10.6 Å². The summed E-state index contributed by atoms with van der Waals surface area (Å²) in [6.45, 7) is 5.65. The highest BCUT2D eigenvalue weighted by molar-refractivity contribution is 5.93.